The molecule has 0 amide bonds. The number of allylic oxidation sites excluding steroid dienone is 1. The van der Waals surface area contributed by atoms with Crippen LogP contribution in [0.25, 0.3) is 11.3 Å². The summed E-state index contributed by atoms with van der Waals surface area (Å²) in [5.74, 6) is -0.592. The number of para-hydroxylation sites is 1. The van der Waals surface area contributed by atoms with Crippen LogP contribution in [0.3, 0.4) is 0 Å². The van der Waals surface area contributed by atoms with Gasteiger partial charge in [-0.2, -0.15) is 5.26 Å². The van der Waals surface area contributed by atoms with E-state index in [0.717, 1.165) is 16.8 Å². The lowest BCUT2D eigenvalue weighted by Crippen LogP contribution is -2.12. The van der Waals surface area contributed by atoms with Gasteiger partial charge in [0.1, 0.15) is 6.07 Å². The predicted molar refractivity (Wildman–Crippen MR) is 80.9 cm³/mol. The maximum atomic E-state index is 12.0. The second-order valence-electron chi connectivity index (χ2n) is 4.58. The van der Waals surface area contributed by atoms with Crippen molar-refractivity contribution < 1.29 is 9.53 Å². The summed E-state index contributed by atoms with van der Waals surface area (Å²) >= 11 is 0. The van der Waals surface area contributed by atoms with Gasteiger partial charge in [-0.25, -0.2) is 4.79 Å². The molecule has 2 aromatic rings. The smallest absolute Gasteiger partial charge is 0.357 e. The number of carbonyl (C=O) groups is 1. The van der Waals surface area contributed by atoms with Crippen LogP contribution in [0.2, 0.25) is 0 Å². The Labute approximate surface area is 122 Å². The van der Waals surface area contributed by atoms with Crippen molar-refractivity contribution in [3.05, 3.63) is 53.9 Å². The van der Waals surface area contributed by atoms with Crippen LogP contribution in [0, 0.1) is 11.3 Å². The average molecular weight is 281 g/mol. The average Bonchev–Trinajstić information content (AvgIpc) is 2.83. The van der Waals surface area contributed by atoms with E-state index in [2.05, 4.69) is 6.58 Å². The second kappa shape index (κ2) is 5.55. The van der Waals surface area contributed by atoms with Crippen molar-refractivity contribution in [2.45, 2.75) is 6.92 Å². The summed E-state index contributed by atoms with van der Waals surface area (Å²) in [6.45, 7) is 5.80. The van der Waals surface area contributed by atoms with Crippen molar-refractivity contribution in [3.8, 4) is 11.8 Å². The van der Waals surface area contributed by atoms with Crippen LogP contribution in [0.4, 0.5) is 5.69 Å². The zero-order valence-corrected chi connectivity index (χ0v) is 11.9. The Morgan fingerprint density at radius 1 is 1.43 bits per heavy atom. The number of anilines is 1. The normalized spacial score (nSPS) is 9.95. The predicted octanol–water partition coefficient (Wildman–Crippen LogP) is 2.75. The van der Waals surface area contributed by atoms with Crippen LogP contribution in [0.5, 0.6) is 0 Å². The molecule has 0 aliphatic carbocycles. The number of methoxy groups -OCH3 is 1. The Morgan fingerprint density at radius 2 is 2.10 bits per heavy atom. The van der Waals surface area contributed by atoms with E-state index in [1.807, 2.05) is 37.3 Å². The molecule has 5 nitrogen and oxygen atoms in total. The molecule has 0 aliphatic rings. The second-order valence-corrected chi connectivity index (χ2v) is 4.58. The minimum atomic E-state index is -0.592. The zero-order chi connectivity index (χ0) is 15.6. The molecule has 5 heteroatoms. The number of hydrogen-bond acceptors (Lipinski definition) is 4. The highest BCUT2D eigenvalue weighted by Gasteiger charge is 2.22. The first-order valence-electron chi connectivity index (χ1n) is 6.25. The summed E-state index contributed by atoms with van der Waals surface area (Å²) in [6, 6.07) is 9.41. The lowest BCUT2D eigenvalue weighted by atomic mass is 10.1. The molecule has 106 valence electrons. The Kier molecular flexibility index (Phi) is 3.81. The Morgan fingerprint density at radius 3 is 2.67 bits per heavy atom. The Balaban J connectivity index is 2.79. The van der Waals surface area contributed by atoms with Crippen molar-refractivity contribution in [1.82, 2.24) is 4.57 Å². The minimum absolute atomic E-state index is 0.112. The number of aromatic nitrogens is 1. The number of nitriles is 1. The third-order valence-corrected chi connectivity index (χ3v) is 3.17. The summed E-state index contributed by atoms with van der Waals surface area (Å²) in [6.07, 6.45) is 1.53. The lowest BCUT2D eigenvalue weighted by Gasteiger charge is -2.13. The van der Waals surface area contributed by atoms with E-state index in [4.69, 9.17) is 15.7 Å². The number of nitrogen functional groups attached to an aromatic ring is 1. The van der Waals surface area contributed by atoms with Crippen LogP contribution in [0.15, 0.2) is 37.0 Å². The number of ether oxygens (including phenoxy) is 1. The van der Waals surface area contributed by atoms with Gasteiger partial charge in [0.2, 0.25) is 0 Å². The van der Waals surface area contributed by atoms with E-state index in [9.17, 15) is 4.79 Å². The largest absolute Gasteiger partial charge is 0.464 e. The molecule has 0 atom stereocenters. The monoisotopic (exact) mass is 281 g/mol. The molecular weight excluding hydrogens is 266 g/mol. The molecule has 0 saturated carbocycles. The summed E-state index contributed by atoms with van der Waals surface area (Å²) < 4.78 is 6.34. The lowest BCUT2D eigenvalue weighted by molar-refractivity contribution is 0.0593. The first-order valence-corrected chi connectivity index (χ1v) is 6.25. The number of rotatable bonds is 3. The van der Waals surface area contributed by atoms with Crippen molar-refractivity contribution in [3.63, 3.8) is 0 Å². The topological polar surface area (TPSA) is 81.0 Å². The highest BCUT2D eigenvalue weighted by atomic mass is 16.5. The van der Waals surface area contributed by atoms with Gasteiger partial charge in [-0.05, 0) is 18.6 Å². The SMILES string of the molecule is C=C(C)c1ccccc1-n1cc(C#N)c(N)c1C(=O)OC. The Hall–Kier alpha value is -3.00. The van der Waals surface area contributed by atoms with Crippen LogP contribution in [-0.2, 0) is 4.74 Å². The van der Waals surface area contributed by atoms with E-state index in [1.54, 1.807) is 4.57 Å². The molecule has 0 radical (unpaired) electrons. The number of benzene rings is 1. The molecule has 1 aromatic heterocycles. The first kappa shape index (κ1) is 14.4. The number of esters is 1. The fraction of sp³-hybridized carbons (Fsp3) is 0.125. The maximum Gasteiger partial charge on any atom is 0.357 e. The molecule has 0 unspecified atom stereocenters. The molecule has 0 saturated heterocycles. The van der Waals surface area contributed by atoms with E-state index >= 15 is 0 Å². The standard InChI is InChI=1S/C16H15N3O2/c1-10(2)12-6-4-5-7-13(12)19-9-11(8-17)14(18)15(19)16(20)21-3/h4-7,9H,1,18H2,2-3H3. The minimum Gasteiger partial charge on any atom is -0.464 e. The molecular formula is C16H15N3O2. The summed E-state index contributed by atoms with van der Waals surface area (Å²) in [4.78, 5) is 12.0. The van der Waals surface area contributed by atoms with Crippen molar-refractivity contribution in [2.75, 3.05) is 12.8 Å². The van der Waals surface area contributed by atoms with E-state index in [-0.39, 0.29) is 16.9 Å². The van der Waals surface area contributed by atoms with Gasteiger partial charge < -0.3 is 15.0 Å². The number of nitrogens with zero attached hydrogens (tertiary/aromatic N) is 2. The van der Waals surface area contributed by atoms with Crippen molar-refractivity contribution >= 4 is 17.2 Å². The molecule has 0 aliphatic heterocycles. The maximum absolute atomic E-state index is 12.0. The summed E-state index contributed by atoms with van der Waals surface area (Å²) in [5.41, 5.74) is 8.79. The van der Waals surface area contributed by atoms with Crippen LogP contribution in [-0.4, -0.2) is 17.6 Å². The highest BCUT2D eigenvalue weighted by Crippen LogP contribution is 2.28. The van der Waals surface area contributed by atoms with Crippen LogP contribution in [0.1, 0.15) is 28.5 Å². The molecule has 2 N–H and O–H groups in total. The van der Waals surface area contributed by atoms with Gasteiger partial charge in [-0.3, -0.25) is 0 Å². The summed E-state index contributed by atoms with van der Waals surface area (Å²) in [5, 5.41) is 9.12. The third-order valence-electron chi connectivity index (χ3n) is 3.17. The summed E-state index contributed by atoms with van der Waals surface area (Å²) in [7, 11) is 1.27. The molecule has 21 heavy (non-hydrogen) atoms. The third kappa shape index (κ3) is 2.39. The van der Waals surface area contributed by atoms with E-state index < -0.39 is 5.97 Å². The Bertz CT molecular complexity index is 766. The van der Waals surface area contributed by atoms with Crippen molar-refractivity contribution in [1.29, 1.82) is 5.26 Å². The van der Waals surface area contributed by atoms with E-state index in [0.29, 0.717) is 0 Å². The molecule has 2 rings (SSSR count). The molecule has 0 bridgehead atoms. The molecule has 0 fully saturated rings. The van der Waals surface area contributed by atoms with E-state index in [1.165, 1.54) is 13.3 Å². The quantitative estimate of drug-likeness (QED) is 0.877. The van der Waals surface area contributed by atoms with Crippen molar-refractivity contribution in [2.24, 2.45) is 0 Å². The number of nitrogens with two attached hydrogens (primary N) is 1. The molecule has 1 aromatic carbocycles. The van der Waals surface area contributed by atoms with Gasteiger partial charge in [0.05, 0.1) is 24.0 Å². The fourth-order valence-corrected chi connectivity index (χ4v) is 2.15. The fourth-order valence-electron chi connectivity index (χ4n) is 2.15. The van der Waals surface area contributed by atoms with Gasteiger partial charge in [0, 0.05) is 11.8 Å². The van der Waals surface area contributed by atoms with Gasteiger partial charge in [0.25, 0.3) is 0 Å². The molecule has 1 heterocycles. The number of carbonyl (C=O) groups excluding carboxylic acids is 1. The van der Waals surface area contributed by atoms with Crippen LogP contribution >= 0.6 is 0 Å². The van der Waals surface area contributed by atoms with Gasteiger partial charge in [0.15, 0.2) is 5.69 Å². The first-order chi connectivity index (χ1) is 10.0. The van der Waals surface area contributed by atoms with Gasteiger partial charge in [-0.15, -0.1) is 0 Å². The van der Waals surface area contributed by atoms with Gasteiger partial charge >= 0.3 is 5.97 Å². The number of hydrogen-bond donors (Lipinski definition) is 1. The molecule has 0 spiro atoms. The van der Waals surface area contributed by atoms with Gasteiger partial charge in [-0.1, -0.05) is 24.8 Å². The van der Waals surface area contributed by atoms with Crippen LogP contribution < -0.4 is 5.73 Å². The highest BCUT2D eigenvalue weighted by molar-refractivity contribution is 5.96. The zero-order valence-electron chi connectivity index (χ0n) is 11.9.